The third-order valence-corrected chi connectivity index (χ3v) is 7.76. The van der Waals surface area contributed by atoms with Crippen LogP contribution in [-0.2, 0) is 30.4 Å². The van der Waals surface area contributed by atoms with Gasteiger partial charge in [0.25, 0.3) is 0 Å². The van der Waals surface area contributed by atoms with Crippen molar-refractivity contribution < 1.29 is 128 Å². The predicted molar refractivity (Wildman–Crippen MR) is 144 cm³/mol. The van der Waals surface area contributed by atoms with Gasteiger partial charge in [-0.05, 0) is 67.1 Å². The van der Waals surface area contributed by atoms with Crippen molar-refractivity contribution in [3.05, 3.63) is 78.4 Å². The number of azo groups is 2. The van der Waals surface area contributed by atoms with Crippen LogP contribution in [-0.4, -0.2) is 44.8 Å². The Morgan fingerprint density at radius 2 is 1.16 bits per heavy atom. The average Bonchev–Trinajstić information content (AvgIpc) is 2.89. The Morgan fingerprint density at radius 1 is 0.614 bits per heavy atom. The largest absolute Gasteiger partial charge is 1.00 e. The maximum atomic E-state index is 11.7. The second-order valence-corrected chi connectivity index (χ2v) is 12.6. The monoisotopic (exact) mass is 685 g/mol. The summed E-state index contributed by atoms with van der Waals surface area (Å²) in [5.74, 6) is -0.789. The molecule has 0 bridgehead atoms. The van der Waals surface area contributed by atoms with Crippen molar-refractivity contribution in [2.45, 2.75) is 16.7 Å². The third-order valence-electron chi connectivity index (χ3n) is 5.55. The maximum Gasteiger partial charge on any atom is 1.00 e. The van der Waals surface area contributed by atoms with Crippen molar-refractivity contribution in [1.82, 2.24) is 0 Å². The van der Waals surface area contributed by atoms with E-state index >= 15 is 0 Å². The van der Waals surface area contributed by atoms with Crippen LogP contribution in [0.5, 0.6) is 0 Å². The van der Waals surface area contributed by atoms with Gasteiger partial charge in [0.1, 0.15) is 41.9 Å². The number of rotatable bonds is 9. The van der Waals surface area contributed by atoms with Gasteiger partial charge in [0.2, 0.25) is 0 Å². The van der Waals surface area contributed by atoms with Crippen LogP contribution in [0.15, 0.2) is 103 Å². The minimum atomic E-state index is -4.86. The maximum absolute atomic E-state index is 11.7. The van der Waals surface area contributed by atoms with Crippen molar-refractivity contribution in [2.75, 3.05) is 11.2 Å². The van der Waals surface area contributed by atoms with E-state index in [1.165, 1.54) is 48.5 Å². The summed E-state index contributed by atoms with van der Waals surface area (Å²) in [7, 11) is -14.2. The number of aryl methyl sites for hydroxylation is 1. The van der Waals surface area contributed by atoms with Gasteiger partial charge in [0.05, 0.1) is 26.9 Å². The van der Waals surface area contributed by atoms with E-state index in [9.17, 15) is 38.9 Å². The molecule has 0 atom stereocenters. The van der Waals surface area contributed by atoms with Gasteiger partial charge in [0.15, 0.2) is 0 Å². The summed E-state index contributed by atoms with van der Waals surface area (Å²) in [6.45, 7) is 1.68. The summed E-state index contributed by atoms with van der Waals surface area (Å²) in [5.41, 5.74) is 1.40. The molecule has 1 N–H and O–H groups in total. The molecule has 4 aromatic rings. The Balaban J connectivity index is 0.00000323. The Kier molecular flexibility index (Phi) is 15.4. The van der Waals surface area contributed by atoms with Crippen molar-refractivity contribution in [1.29, 1.82) is 0 Å². The fraction of sp³-hybridized carbons (Fsp3) is 0.0833. The molecule has 0 unspecified atom stereocenters. The molecule has 44 heavy (non-hydrogen) atoms. The van der Waals surface area contributed by atoms with E-state index in [1.807, 2.05) is 0 Å². The minimum Gasteiger partial charge on any atom is -0.747 e. The summed E-state index contributed by atoms with van der Waals surface area (Å²) in [4.78, 5) is -1.16. The van der Waals surface area contributed by atoms with Crippen LogP contribution >= 0.6 is 0 Å². The first-order valence-electron chi connectivity index (χ1n) is 11.3. The number of hydrogen-bond acceptors (Lipinski definition) is 14. The van der Waals surface area contributed by atoms with Crippen molar-refractivity contribution in [2.24, 2.45) is 20.5 Å². The van der Waals surface area contributed by atoms with Crippen LogP contribution in [0.4, 0.5) is 28.4 Å². The normalized spacial score (nSPS) is 12.0. The smallest absolute Gasteiger partial charge is 0.747 e. The van der Waals surface area contributed by atoms with Gasteiger partial charge in [-0.15, -0.1) is 15.3 Å². The zero-order valence-corrected chi connectivity index (χ0v) is 32.3. The van der Waals surface area contributed by atoms with Gasteiger partial charge in [-0.25, -0.2) is 25.3 Å². The van der Waals surface area contributed by atoms with Crippen molar-refractivity contribution in [3.8, 4) is 0 Å². The van der Waals surface area contributed by atoms with E-state index in [4.69, 9.17) is 0 Å². The van der Waals surface area contributed by atoms with Crippen LogP contribution in [0, 0.1) is 6.92 Å². The topological polar surface area (TPSA) is 233 Å². The molecule has 20 heteroatoms. The second kappa shape index (κ2) is 16.6. The molecule has 0 fully saturated rings. The van der Waals surface area contributed by atoms with E-state index in [2.05, 4.69) is 25.8 Å². The number of hydrogen-bond donors (Lipinski definition) is 1. The molecule has 0 saturated heterocycles. The molecule has 0 aromatic heterocycles. The number of anilines is 1. The molecule has 0 saturated carbocycles. The van der Waals surface area contributed by atoms with Gasteiger partial charge < -0.3 is 19.0 Å². The van der Waals surface area contributed by atoms with E-state index in [0.29, 0.717) is 22.3 Å². The van der Waals surface area contributed by atoms with Gasteiger partial charge in [-0.2, -0.15) is 5.11 Å². The van der Waals surface area contributed by atoms with Crippen LogP contribution < -0.4 is 94.0 Å². The van der Waals surface area contributed by atoms with E-state index in [0.717, 1.165) is 18.2 Å². The summed E-state index contributed by atoms with van der Waals surface area (Å²) in [6.07, 6.45) is 0. The fourth-order valence-corrected chi connectivity index (χ4v) is 5.09. The van der Waals surface area contributed by atoms with Crippen LogP contribution in [0.2, 0.25) is 0 Å². The molecule has 0 aliphatic carbocycles. The minimum absolute atomic E-state index is 0. The van der Waals surface area contributed by atoms with Gasteiger partial charge >= 0.3 is 88.7 Å². The molecule has 0 amide bonds. The Hall–Kier alpha value is -1.13. The fourth-order valence-electron chi connectivity index (χ4n) is 3.64. The van der Waals surface area contributed by atoms with E-state index in [-0.39, 0.29) is 111 Å². The molecule has 0 radical (unpaired) electrons. The zero-order chi connectivity index (χ0) is 30.0. The summed E-state index contributed by atoms with van der Waals surface area (Å²) in [6, 6.07) is 16.1. The first-order valence-corrected chi connectivity index (χ1v) is 15.7. The summed E-state index contributed by atoms with van der Waals surface area (Å²) >= 11 is 0. The Labute approximate surface area is 320 Å². The van der Waals surface area contributed by atoms with Crippen molar-refractivity contribution in [3.63, 3.8) is 0 Å². The quantitative estimate of drug-likeness (QED) is 0.101. The predicted octanol–water partition coefficient (Wildman–Crippen LogP) is -4.29. The van der Waals surface area contributed by atoms with Gasteiger partial charge in [-0.1, -0.05) is 18.2 Å². The Morgan fingerprint density at radius 3 is 1.73 bits per heavy atom. The molecule has 214 valence electrons. The molecule has 4 rings (SSSR count). The van der Waals surface area contributed by atoms with Crippen LogP contribution in [0.25, 0.3) is 10.8 Å². The molecule has 4 aromatic carbocycles. The van der Waals surface area contributed by atoms with Crippen molar-refractivity contribution >= 4 is 69.6 Å². The molecule has 0 aliphatic rings. The van der Waals surface area contributed by atoms with E-state index < -0.39 is 46.0 Å². The molecular weight excluding hydrogens is 667 g/mol. The number of nitrogens with one attached hydrogen (secondary N) is 1. The average molecular weight is 686 g/mol. The van der Waals surface area contributed by atoms with E-state index in [1.54, 1.807) is 13.0 Å². The third kappa shape index (κ3) is 11.0. The molecule has 0 spiro atoms. The zero-order valence-electron chi connectivity index (χ0n) is 23.8. The first-order chi connectivity index (χ1) is 19.1. The van der Waals surface area contributed by atoms with Gasteiger partial charge in [0, 0.05) is 16.5 Å². The number of nitrogens with zero attached hydrogens (tertiary/aromatic N) is 4. The van der Waals surface area contributed by atoms with Gasteiger partial charge in [-0.3, -0.25) is 0 Å². The molecular formula is C24H18N5Na3O9S3. The summed E-state index contributed by atoms with van der Waals surface area (Å²) < 4.78 is 102. The molecule has 0 aliphatic heterocycles. The molecule has 0 heterocycles. The molecule has 14 nitrogen and oxygen atoms in total. The number of fused-ring (bicyclic) bond motifs is 1. The van der Waals surface area contributed by atoms with Crippen LogP contribution in [0.3, 0.4) is 0 Å². The standard InChI is InChI=1S/C24H21N5O9S3.3Na/c1-15-12-16(25-14-39(30,31)32)6-9-20(15)26-27-21-10-11-22(19-13-17(40(33,34)35)7-8-18(19)21)28-29-23-4-2-3-5-24(23)41(36,37)38;;;/h2-13,25H,14H2,1H3,(H,30,31,32)(H,33,34,35)(H,36,37,38);;;/q;3*+1/p-3. The summed E-state index contributed by atoms with van der Waals surface area (Å²) in [5, 5.41) is 19.2. The second-order valence-electron chi connectivity index (χ2n) is 8.47. The van der Waals surface area contributed by atoms with Crippen LogP contribution in [0.1, 0.15) is 5.56 Å². The Bertz CT molecular complexity index is 2060. The number of benzene rings is 4. The SMILES string of the molecule is Cc1cc(NCS(=O)(=O)[O-])ccc1N=Nc1ccc(N=Nc2ccccc2S(=O)(=O)[O-])c2cc(S(=O)(=O)[O-])ccc12.[Na+].[Na+].[Na+]. The first kappa shape index (κ1) is 40.9.